The van der Waals surface area contributed by atoms with Gasteiger partial charge in [0.15, 0.2) is 0 Å². The largest absolute Gasteiger partial charge is 0.103 e. The molecule has 70 valence electrons. The van der Waals surface area contributed by atoms with Crippen LogP contribution in [0.25, 0.3) is 0 Å². The first kappa shape index (κ1) is 11.5. The molecular formula is C12H22. The summed E-state index contributed by atoms with van der Waals surface area (Å²) >= 11 is 0. The molecule has 0 aromatic carbocycles. The molecule has 0 aliphatic heterocycles. The van der Waals surface area contributed by atoms with E-state index < -0.39 is 0 Å². The summed E-state index contributed by atoms with van der Waals surface area (Å²) in [6, 6.07) is 0. The zero-order valence-electron chi connectivity index (χ0n) is 8.77. The quantitative estimate of drug-likeness (QED) is 0.407. The van der Waals surface area contributed by atoms with Gasteiger partial charge in [-0.1, -0.05) is 38.0 Å². The minimum atomic E-state index is 0.845. The second-order valence-electron chi connectivity index (χ2n) is 3.87. The van der Waals surface area contributed by atoms with Crippen LogP contribution in [0.15, 0.2) is 24.3 Å². The summed E-state index contributed by atoms with van der Waals surface area (Å²) in [5.74, 6) is 0.845. The lowest BCUT2D eigenvalue weighted by molar-refractivity contribution is 0.559. The van der Waals surface area contributed by atoms with Crippen molar-refractivity contribution in [2.75, 3.05) is 0 Å². The van der Waals surface area contributed by atoms with E-state index in [-0.39, 0.29) is 0 Å². The number of allylic oxidation sites excluding steroid dienone is 3. The van der Waals surface area contributed by atoms with E-state index in [0.717, 1.165) is 12.3 Å². The number of rotatable bonds is 6. The molecule has 0 aromatic rings. The van der Waals surface area contributed by atoms with Gasteiger partial charge in [-0.15, -0.1) is 6.58 Å². The van der Waals surface area contributed by atoms with Crippen LogP contribution in [0.1, 0.15) is 46.5 Å². The van der Waals surface area contributed by atoms with Crippen molar-refractivity contribution in [1.29, 1.82) is 0 Å². The molecule has 0 spiro atoms. The molecule has 0 fully saturated rings. The van der Waals surface area contributed by atoms with Gasteiger partial charge in [0, 0.05) is 0 Å². The van der Waals surface area contributed by atoms with E-state index >= 15 is 0 Å². The molecule has 0 heteroatoms. The molecule has 0 saturated carbocycles. The maximum Gasteiger partial charge on any atom is -0.0144 e. The summed E-state index contributed by atoms with van der Waals surface area (Å²) in [5, 5.41) is 0. The first-order valence-electron chi connectivity index (χ1n) is 4.93. The number of unbranched alkanes of at least 4 members (excludes halogenated alkanes) is 1. The molecule has 0 rings (SSSR count). The third kappa shape index (κ3) is 7.59. The molecule has 0 bridgehead atoms. The van der Waals surface area contributed by atoms with Gasteiger partial charge >= 0.3 is 0 Å². The Morgan fingerprint density at radius 1 is 1.42 bits per heavy atom. The molecule has 0 saturated heterocycles. The van der Waals surface area contributed by atoms with E-state index in [1.165, 1.54) is 24.8 Å². The van der Waals surface area contributed by atoms with Crippen LogP contribution < -0.4 is 0 Å². The Balaban J connectivity index is 3.39. The maximum absolute atomic E-state index is 3.72. The summed E-state index contributed by atoms with van der Waals surface area (Å²) in [4.78, 5) is 0. The molecule has 0 radical (unpaired) electrons. The minimum Gasteiger partial charge on any atom is -0.103 e. The highest BCUT2D eigenvalue weighted by molar-refractivity contribution is 5.02. The molecule has 0 aromatic heterocycles. The lowest BCUT2D eigenvalue weighted by atomic mass is 10.1. The Morgan fingerprint density at radius 3 is 2.58 bits per heavy atom. The molecule has 0 atom stereocenters. The fourth-order valence-electron chi connectivity index (χ4n) is 1.19. The second kappa shape index (κ2) is 7.15. The van der Waals surface area contributed by atoms with Gasteiger partial charge in [0.2, 0.25) is 0 Å². The monoisotopic (exact) mass is 166 g/mol. The third-order valence-corrected chi connectivity index (χ3v) is 1.94. The molecule has 0 unspecified atom stereocenters. The van der Waals surface area contributed by atoms with E-state index in [2.05, 4.69) is 33.4 Å². The average molecular weight is 166 g/mol. The van der Waals surface area contributed by atoms with Gasteiger partial charge in [-0.25, -0.2) is 0 Å². The van der Waals surface area contributed by atoms with Crippen LogP contribution in [0.3, 0.4) is 0 Å². The lowest BCUT2D eigenvalue weighted by Crippen LogP contribution is -1.85. The normalized spacial score (nSPS) is 12.2. The van der Waals surface area contributed by atoms with Gasteiger partial charge in [0.1, 0.15) is 0 Å². The predicted molar refractivity (Wildman–Crippen MR) is 57.3 cm³/mol. The van der Waals surface area contributed by atoms with Crippen LogP contribution in [0, 0.1) is 5.92 Å². The van der Waals surface area contributed by atoms with E-state index in [0.29, 0.717) is 0 Å². The van der Waals surface area contributed by atoms with Crippen molar-refractivity contribution in [1.82, 2.24) is 0 Å². The Morgan fingerprint density at radius 2 is 2.08 bits per heavy atom. The first-order valence-corrected chi connectivity index (χ1v) is 4.93. The predicted octanol–water partition coefficient (Wildman–Crippen LogP) is 4.34. The SMILES string of the molecule is C=CCC(C)=CCCCC(C)C. The molecule has 0 N–H and O–H groups in total. The van der Waals surface area contributed by atoms with Crippen molar-refractivity contribution in [3.8, 4) is 0 Å². The third-order valence-electron chi connectivity index (χ3n) is 1.94. The van der Waals surface area contributed by atoms with Gasteiger partial charge in [-0.2, -0.15) is 0 Å². The van der Waals surface area contributed by atoms with Crippen LogP contribution in [0.5, 0.6) is 0 Å². The minimum absolute atomic E-state index is 0.845. The Hall–Kier alpha value is -0.520. The van der Waals surface area contributed by atoms with Crippen molar-refractivity contribution >= 4 is 0 Å². The standard InChI is InChI=1S/C12H22/c1-5-8-12(4)10-7-6-9-11(2)3/h5,10-11H,1,6-9H2,2-4H3. The summed E-state index contributed by atoms with van der Waals surface area (Å²) in [7, 11) is 0. The van der Waals surface area contributed by atoms with Crippen molar-refractivity contribution < 1.29 is 0 Å². The van der Waals surface area contributed by atoms with Crippen molar-refractivity contribution in [2.45, 2.75) is 46.5 Å². The fraction of sp³-hybridized carbons (Fsp3) is 0.667. The average Bonchev–Trinajstić information content (AvgIpc) is 1.98. The summed E-state index contributed by atoms with van der Waals surface area (Å²) in [6.45, 7) is 10.5. The van der Waals surface area contributed by atoms with Gasteiger partial charge in [0.25, 0.3) is 0 Å². The smallest absolute Gasteiger partial charge is 0.0144 e. The maximum atomic E-state index is 3.72. The van der Waals surface area contributed by atoms with Gasteiger partial charge in [0.05, 0.1) is 0 Å². The molecule has 0 amide bonds. The first-order chi connectivity index (χ1) is 5.66. The molecule has 0 heterocycles. The second-order valence-corrected chi connectivity index (χ2v) is 3.87. The molecule has 0 aliphatic rings. The Labute approximate surface area is 77.4 Å². The zero-order chi connectivity index (χ0) is 9.40. The highest BCUT2D eigenvalue weighted by Gasteiger charge is 1.92. The van der Waals surface area contributed by atoms with Crippen molar-refractivity contribution in [3.05, 3.63) is 24.3 Å². The molecular weight excluding hydrogens is 144 g/mol. The summed E-state index contributed by atoms with van der Waals surface area (Å²) in [6.07, 6.45) is 9.25. The Kier molecular flexibility index (Phi) is 6.84. The van der Waals surface area contributed by atoms with Gasteiger partial charge in [-0.05, 0) is 32.1 Å². The van der Waals surface area contributed by atoms with E-state index in [9.17, 15) is 0 Å². The van der Waals surface area contributed by atoms with Gasteiger partial charge in [-0.3, -0.25) is 0 Å². The highest BCUT2D eigenvalue weighted by atomic mass is 14.0. The van der Waals surface area contributed by atoms with Crippen LogP contribution in [-0.2, 0) is 0 Å². The summed E-state index contributed by atoms with van der Waals surface area (Å²) in [5.41, 5.74) is 1.45. The zero-order valence-corrected chi connectivity index (χ0v) is 8.77. The molecule has 0 nitrogen and oxygen atoms in total. The highest BCUT2D eigenvalue weighted by Crippen LogP contribution is 2.09. The van der Waals surface area contributed by atoms with Crippen LogP contribution >= 0.6 is 0 Å². The van der Waals surface area contributed by atoms with E-state index in [1.807, 2.05) is 6.08 Å². The fourth-order valence-corrected chi connectivity index (χ4v) is 1.19. The number of hydrogen-bond donors (Lipinski definition) is 0. The molecule has 12 heavy (non-hydrogen) atoms. The van der Waals surface area contributed by atoms with E-state index in [1.54, 1.807) is 0 Å². The van der Waals surface area contributed by atoms with Crippen LogP contribution in [0.4, 0.5) is 0 Å². The number of hydrogen-bond acceptors (Lipinski definition) is 0. The summed E-state index contributed by atoms with van der Waals surface area (Å²) < 4.78 is 0. The van der Waals surface area contributed by atoms with Crippen LogP contribution in [-0.4, -0.2) is 0 Å². The Bertz CT molecular complexity index is 140. The molecule has 0 aliphatic carbocycles. The lowest BCUT2D eigenvalue weighted by Gasteiger charge is -2.01. The van der Waals surface area contributed by atoms with Crippen molar-refractivity contribution in [3.63, 3.8) is 0 Å². The van der Waals surface area contributed by atoms with Gasteiger partial charge < -0.3 is 0 Å². The topological polar surface area (TPSA) is 0 Å². The van der Waals surface area contributed by atoms with E-state index in [4.69, 9.17) is 0 Å². The van der Waals surface area contributed by atoms with Crippen molar-refractivity contribution in [2.24, 2.45) is 5.92 Å². The van der Waals surface area contributed by atoms with Crippen LogP contribution in [0.2, 0.25) is 0 Å².